The summed E-state index contributed by atoms with van der Waals surface area (Å²) < 4.78 is 16.8. The van der Waals surface area contributed by atoms with Crippen molar-refractivity contribution >= 4 is 45.8 Å². The number of aliphatic hydroxyl groups excluding tert-OH is 1. The van der Waals surface area contributed by atoms with E-state index in [1.807, 2.05) is 54.8 Å². The van der Waals surface area contributed by atoms with Crippen molar-refractivity contribution in [2.24, 2.45) is 0 Å². The van der Waals surface area contributed by atoms with Crippen molar-refractivity contribution in [3.63, 3.8) is 0 Å². The van der Waals surface area contributed by atoms with Gasteiger partial charge in [0.25, 0.3) is 5.78 Å². The predicted molar refractivity (Wildman–Crippen MR) is 160 cm³/mol. The third-order valence-electron chi connectivity index (χ3n) is 7.15. The molecule has 1 fully saturated rings. The fraction of sp³-hybridized carbons (Fsp3) is 0.156. The van der Waals surface area contributed by atoms with Gasteiger partial charge in [0, 0.05) is 22.6 Å². The summed E-state index contributed by atoms with van der Waals surface area (Å²) in [5, 5.41) is 13.4. The topological polar surface area (TPSA) is 114 Å². The molecule has 2 aromatic heterocycles. The molecule has 42 heavy (non-hydrogen) atoms. The number of rotatable bonds is 8. The first kappa shape index (κ1) is 27.1. The van der Waals surface area contributed by atoms with Crippen molar-refractivity contribution in [1.29, 1.82) is 0 Å². The van der Waals surface area contributed by atoms with Gasteiger partial charge < -0.3 is 24.3 Å². The average molecular weight is 582 g/mol. The highest BCUT2D eigenvalue weighted by Gasteiger charge is 2.48. The van der Waals surface area contributed by atoms with E-state index in [1.54, 1.807) is 30.3 Å². The lowest BCUT2D eigenvalue weighted by atomic mass is 9.99. The van der Waals surface area contributed by atoms with Crippen LogP contribution in [-0.4, -0.2) is 41.0 Å². The minimum Gasteiger partial charge on any atom is -0.507 e. The molecule has 3 heterocycles. The van der Waals surface area contributed by atoms with Gasteiger partial charge in [0.2, 0.25) is 5.95 Å². The van der Waals surface area contributed by atoms with Crippen molar-refractivity contribution in [2.75, 3.05) is 19.1 Å². The predicted octanol–water partition coefficient (Wildman–Crippen LogP) is 6.16. The number of aliphatic hydroxyl groups is 1. The van der Waals surface area contributed by atoms with Gasteiger partial charge in [-0.25, -0.2) is 4.98 Å². The molecule has 10 heteroatoms. The minimum absolute atomic E-state index is 0.0181. The number of thiophene rings is 1. The Labute approximate surface area is 245 Å². The van der Waals surface area contributed by atoms with Gasteiger partial charge in [-0.1, -0.05) is 36.4 Å². The summed E-state index contributed by atoms with van der Waals surface area (Å²) in [7, 11) is 3.05. The number of hydrogen-bond donors (Lipinski definition) is 2. The molecular formula is C32H27N3O6S. The smallest absolute Gasteiger partial charge is 0.302 e. The fourth-order valence-corrected chi connectivity index (χ4v) is 5.88. The minimum atomic E-state index is -0.885. The molecule has 1 unspecified atom stereocenters. The number of anilines is 1. The first-order valence-electron chi connectivity index (χ1n) is 13.1. The number of H-pyrrole nitrogens is 1. The van der Waals surface area contributed by atoms with Crippen LogP contribution in [0, 0.1) is 6.92 Å². The molecule has 0 bridgehead atoms. The number of carbonyl (C=O) groups excluding carboxylic acids is 2. The van der Waals surface area contributed by atoms with Crippen LogP contribution >= 0.6 is 11.3 Å². The SMILES string of the molecule is COc1cc2nc(N3C(=O)C(=O)/C(=C(/O)c4ccc(OCc5ccccc5)c(C)c4)C3c3cccs3)[nH]c2cc1OC. The van der Waals surface area contributed by atoms with Gasteiger partial charge in [-0.2, -0.15) is 0 Å². The lowest BCUT2D eigenvalue weighted by Gasteiger charge is -2.21. The summed E-state index contributed by atoms with van der Waals surface area (Å²) in [5.41, 5.74) is 3.31. The first-order valence-corrected chi connectivity index (χ1v) is 14.0. The Balaban J connectivity index is 1.40. The van der Waals surface area contributed by atoms with E-state index in [4.69, 9.17) is 14.2 Å². The molecule has 0 aliphatic carbocycles. The largest absolute Gasteiger partial charge is 0.507 e. The Kier molecular flexibility index (Phi) is 7.13. The van der Waals surface area contributed by atoms with Crippen molar-refractivity contribution in [3.8, 4) is 17.2 Å². The fourth-order valence-electron chi connectivity index (χ4n) is 5.05. The van der Waals surface area contributed by atoms with Crippen LogP contribution in [-0.2, 0) is 16.2 Å². The third-order valence-corrected chi connectivity index (χ3v) is 8.07. The molecule has 3 aromatic carbocycles. The average Bonchev–Trinajstić information content (AvgIpc) is 3.74. The standard InChI is InChI=1S/C32H27N3O6S/c1-18-14-20(11-12-23(18)41-17-19-8-5-4-6-9-19)29(36)27-28(26-10-7-13-42-26)35(31(38)30(27)37)32-33-21-15-24(39-2)25(40-3)16-22(21)34-32/h4-16,28,36H,17H2,1-3H3,(H,33,34)/b29-27+. The van der Waals surface area contributed by atoms with Crippen molar-refractivity contribution in [2.45, 2.75) is 19.6 Å². The second-order valence-corrected chi connectivity index (χ2v) is 10.7. The van der Waals surface area contributed by atoms with E-state index in [9.17, 15) is 14.7 Å². The third kappa shape index (κ3) is 4.75. The van der Waals surface area contributed by atoms with Crippen LogP contribution in [0.1, 0.15) is 27.6 Å². The molecule has 0 saturated carbocycles. The Morgan fingerprint density at radius 1 is 0.976 bits per heavy atom. The molecule has 9 nitrogen and oxygen atoms in total. The Morgan fingerprint density at radius 2 is 1.74 bits per heavy atom. The van der Waals surface area contributed by atoms with Gasteiger partial charge in [0.15, 0.2) is 11.5 Å². The number of hydrogen-bond acceptors (Lipinski definition) is 8. The van der Waals surface area contributed by atoms with Crippen LogP contribution in [0.5, 0.6) is 17.2 Å². The Morgan fingerprint density at radius 3 is 2.43 bits per heavy atom. The van der Waals surface area contributed by atoms with Gasteiger partial charge in [-0.15, -0.1) is 11.3 Å². The summed E-state index contributed by atoms with van der Waals surface area (Å²) in [4.78, 5) is 36.8. The molecule has 2 N–H and O–H groups in total. The number of methoxy groups -OCH3 is 2. The highest BCUT2D eigenvalue weighted by Crippen LogP contribution is 2.44. The Hall–Kier alpha value is -5.09. The molecular weight excluding hydrogens is 554 g/mol. The van der Waals surface area contributed by atoms with Gasteiger partial charge in [0.05, 0.1) is 30.8 Å². The van der Waals surface area contributed by atoms with Crippen molar-refractivity contribution < 1.29 is 28.9 Å². The molecule has 212 valence electrons. The lowest BCUT2D eigenvalue weighted by molar-refractivity contribution is -0.132. The number of benzene rings is 3. The van der Waals surface area contributed by atoms with Gasteiger partial charge in [0.1, 0.15) is 24.2 Å². The number of nitrogens with one attached hydrogen (secondary N) is 1. The molecule has 1 atom stereocenters. The van der Waals surface area contributed by atoms with Crippen LogP contribution in [0.15, 0.2) is 83.7 Å². The molecule has 0 radical (unpaired) electrons. The van der Waals surface area contributed by atoms with Crippen LogP contribution in [0.4, 0.5) is 5.95 Å². The Bertz CT molecular complexity index is 1790. The van der Waals surface area contributed by atoms with E-state index in [-0.39, 0.29) is 17.3 Å². The maximum atomic E-state index is 13.5. The quantitative estimate of drug-likeness (QED) is 0.128. The van der Waals surface area contributed by atoms with Crippen LogP contribution < -0.4 is 19.1 Å². The normalized spacial score (nSPS) is 16.3. The number of aromatic nitrogens is 2. The second kappa shape index (κ2) is 11.1. The summed E-state index contributed by atoms with van der Waals surface area (Å²) >= 11 is 1.38. The second-order valence-electron chi connectivity index (χ2n) is 9.72. The first-order chi connectivity index (χ1) is 20.4. The number of Topliss-reactive ketones (excluding diaryl/α,β-unsaturated/α-hetero) is 1. The zero-order valence-corrected chi connectivity index (χ0v) is 23.9. The highest BCUT2D eigenvalue weighted by molar-refractivity contribution is 7.10. The molecule has 6 rings (SSSR count). The number of aryl methyl sites for hydroxylation is 1. The number of ether oxygens (including phenoxy) is 3. The van der Waals surface area contributed by atoms with E-state index in [2.05, 4.69) is 9.97 Å². The molecule has 5 aromatic rings. The van der Waals surface area contributed by atoms with Crippen molar-refractivity contribution in [3.05, 3.63) is 105 Å². The van der Waals surface area contributed by atoms with Gasteiger partial charge in [-0.05, 0) is 47.7 Å². The van der Waals surface area contributed by atoms with E-state index in [0.29, 0.717) is 45.3 Å². The zero-order valence-electron chi connectivity index (χ0n) is 23.1. The highest BCUT2D eigenvalue weighted by atomic mass is 32.1. The van der Waals surface area contributed by atoms with Crippen LogP contribution in [0.3, 0.4) is 0 Å². The van der Waals surface area contributed by atoms with E-state index in [1.165, 1.54) is 30.5 Å². The van der Waals surface area contributed by atoms with Gasteiger partial charge >= 0.3 is 5.91 Å². The lowest BCUT2D eigenvalue weighted by Crippen LogP contribution is -2.30. The van der Waals surface area contributed by atoms with Crippen LogP contribution in [0.2, 0.25) is 0 Å². The maximum Gasteiger partial charge on any atom is 0.302 e. The van der Waals surface area contributed by atoms with Crippen molar-refractivity contribution in [1.82, 2.24) is 9.97 Å². The summed E-state index contributed by atoms with van der Waals surface area (Å²) in [6, 6.07) is 21.2. The van der Waals surface area contributed by atoms with E-state index >= 15 is 0 Å². The number of nitrogens with zero attached hydrogens (tertiary/aromatic N) is 2. The summed E-state index contributed by atoms with van der Waals surface area (Å²) in [5.74, 6) is -0.0861. The molecule has 1 aliphatic rings. The molecule has 1 saturated heterocycles. The number of amides is 1. The number of aromatic amines is 1. The van der Waals surface area contributed by atoms with Gasteiger partial charge in [-0.3, -0.25) is 14.5 Å². The van der Waals surface area contributed by atoms with Crippen LogP contribution in [0.25, 0.3) is 16.8 Å². The number of carbonyl (C=O) groups is 2. The number of ketones is 1. The molecule has 0 spiro atoms. The van der Waals surface area contributed by atoms with E-state index < -0.39 is 17.7 Å². The van der Waals surface area contributed by atoms with E-state index in [0.717, 1.165) is 11.1 Å². The molecule has 1 amide bonds. The monoisotopic (exact) mass is 581 g/mol. The maximum absolute atomic E-state index is 13.5. The summed E-state index contributed by atoms with van der Waals surface area (Å²) in [6.45, 7) is 2.26. The number of imidazole rings is 1. The molecule has 1 aliphatic heterocycles. The number of fused-ring (bicyclic) bond motifs is 1. The summed E-state index contributed by atoms with van der Waals surface area (Å²) in [6.07, 6.45) is 0. The zero-order chi connectivity index (χ0) is 29.4.